The summed E-state index contributed by atoms with van der Waals surface area (Å²) in [5.74, 6) is -0.164. The molecule has 1 aromatic rings. The smallest absolute Gasteiger partial charge is 0.308 e. The Balaban J connectivity index is 1.46. The van der Waals surface area contributed by atoms with Gasteiger partial charge in [0.05, 0.1) is 19.1 Å². The van der Waals surface area contributed by atoms with E-state index in [-0.39, 0.29) is 36.7 Å². The molecule has 0 bridgehead atoms. The van der Waals surface area contributed by atoms with Gasteiger partial charge in [0.25, 0.3) is 0 Å². The molecule has 0 aliphatic carbocycles. The first-order valence-corrected chi connectivity index (χ1v) is 7.46. The third kappa shape index (κ3) is 2.57. The number of carbonyl (C=O) groups excluding carboxylic acids is 1. The van der Waals surface area contributed by atoms with Gasteiger partial charge in [0.2, 0.25) is 0 Å². The van der Waals surface area contributed by atoms with Crippen molar-refractivity contribution in [2.24, 2.45) is 0 Å². The van der Waals surface area contributed by atoms with Crippen LogP contribution in [0.3, 0.4) is 0 Å². The topological polar surface area (TPSA) is 54.0 Å². The van der Waals surface area contributed by atoms with Crippen molar-refractivity contribution in [3.63, 3.8) is 0 Å². The fourth-order valence-electron chi connectivity index (χ4n) is 3.26. The van der Waals surface area contributed by atoms with E-state index >= 15 is 0 Å². The van der Waals surface area contributed by atoms with Crippen molar-refractivity contribution in [2.45, 2.75) is 50.0 Å². The minimum atomic E-state index is -0.337. The molecule has 3 aliphatic heterocycles. The van der Waals surface area contributed by atoms with E-state index in [0.29, 0.717) is 13.0 Å². The van der Waals surface area contributed by atoms with E-state index in [0.717, 1.165) is 18.4 Å². The fraction of sp³-hybridized carbons (Fsp3) is 0.562. The lowest BCUT2D eigenvalue weighted by atomic mass is 10.0. The van der Waals surface area contributed by atoms with Gasteiger partial charge in [-0.25, -0.2) is 0 Å². The van der Waals surface area contributed by atoms with E-state index in [2.05, 4.69) is 0 Å². The van der Waals surface area contributed by atoms with Crippen LogP contribution in [-0.2, 0) is 23.7 Å². The summed E-state index contributed by atoms with van der Waals surface area (Å²) in [4.78, 5) is 11.4. The molecule has 3 heterocycles. The molecule has 5 nitrogen and oxygen atoms in total. The highest BCUT2D eigenvalue weighted by atomic mass is 16.7. The second kappa shape index (κ2) is 5.40. The summed E-state index contributed by atoms with van der Waals surface area (Å²) in [6.45, 7) is 0.488. The molecule has 112 valence electrons. The highest BCUT2D eigenvalue weighted by Crippen LogP contribution is 2.36. The largest absolute Gasteiger partial charge is 0.460 e. The minimum absolute atomic E-state index is 0.00624. The van der Waals surface area contributed by atoms with E-state index in [9.17, 15) is 4.79 Å². The highest BCUT2D eigenvalue weighted by molar-refractivity contribution is 5.72. The van der Waals surface area contributed by atoms with Crippen molar-refractivity contribution in [1.82, 2.24) is 0 Å². The number of ether oxygens (including phenoxy) is 4. The molecule has 4 rings (SSSR count). The zero-order valence-electron chi connectivity index (χ0n) is 11.6. The van der Waals surface area contributed by atoms with Crippen LogP contribution >= 0.6 is 0 Å². The van der Waals surface area contributed by atoms with Gasteiger partial charge in [0.15, 0.2) is 6.29 Å². The summed E-state index contributed by atoms with van der Waals surface area (Å²) in [5, 5.41) is 0. The predicted octanol–water partition coefficient (Wildman–Crippen LogP) is 1.96. The van der Waals surface area contributed by atoms with Crippen LogP contribution in [0.15, 0.2) is 30.3 Å². The highest BCUT2D eigenvalue weighted by Gasteiger charge is 2.44. The van der Waals surface area contributed by atoms with Crippen LogP contribution in [0.5, 0.6) is 0 Å². The van der Waals surface area contributed by atoms with Crippen molar-refractivity contribution in [3.8, 4) is 0 Å². The average molecular weight is 290 g/mol. The zero-order valence-corrected chi connectivity index (χ0v) is 11.6. The number of carbonyl (C=O) groups is 1. The summed E-state index contributed by atoms with van der Waals surface area (Å²) in [6.07, 6.45) is 1.23. The second-order valence-electron chi connectivity index (χ2n) is 5.77. The van der Waals surface area contributed by atoms with Gasteiger partial charge in [0, 0.05) is 5.56 Å². The van der Waals surface area contributed by atoms with Crippen LogP contribution in [0.4, 0.5) is 0 Å². The van der Waals surface area contributed by atoms with E-state index < -0.39 is 0 Å². The monoisotopic (exact) mass is 290 g/mol. The number of benzene rings is 1. The average Bonchev–Trinajstić information content (AvgIpc) is 2.78. The van der Waals surface area contributed by atoms with Gasteiger partial charge in [-0.2, -0.15) is 0 Å². The van der Waals surface area contributed by atoms with E-state index in [1.165, 1.54) is 0 Å². The Morgan fingerprint density at radius 2 is 1.71 bits per heavy atom. The Kier molecular flexibility index (Phi) is 3.41. The molecule has 0 radical (unpaired) electrons. The van der Waals surface area contributed by atoms with E-state index in [1.54, 1.807) is 0 Å². The third-order valence-corrected chi connectivity index (χ3v) is 4.35. The molecule has 3 fully saturated rings. The molecule has 5 atom stereocenters. The third-order valence-electron chi connectivity index (χ3n) is 4.35. The molecule has 0 amide bonds. The first-order chi connectivity index (χ1) is 10.3. The van der Waals surface area contributed by atoms with Crippen molar-refractivity contribution < 1.29 is 23.7 Å². The quantitative estimate of drug-likeness (QED) is 0.740. The van der Waals surface area contributed by atoms with Crippen LogP contribution in [0, 0.1) is 0 Å². The molecule has 0 spiro atoms. The summed E-state index contributed by atoms with van der Waals surface area (Å²) in [6, 6.07) is 9.92. The molecule has 0 N–H and O–H groups in total. The molecule has 21 heavy (non-hydrogen) atoms. The SMILES string of the molecule is O=C1C[C@@H]2O[C@@H]3CO[C@@H](c4ccccc4)O[C@H]3CC[C@H]2O1. The lowest BCUT2D eigenvalue weighted by molar-refractivity contribution is -0.268. The second-order valence-corrected chi connectivity index (χ2v) is 5.77. The Morgan fingerprint density at radius 3 is 2.57 bits per heavy atom. The Bertz CT molecular complexity index is 517. The molecule has 0 aromatic heterocycles. The van der Waals surface area contributed by atoms with Gasteiger partial charge in [-0.15, -0.1) is 0 Å². The van der Waals surface area contributed by atoms with Gasteiger partial charge >= 0.3 is 5.97 Å². The number of rotatable bonds is 1. The molecule has 5 heteroatoms. The van der Waals surface area contributed by atoms with Crippen molar-refractivity contribution in [1.29, 1.82) is 0 Å². The Morgan fingerprint density at radius 1 is 0.905 bits per heavy atom. The van der Waals surface area contributed by atoms with Crippen LogP contribution in [0.25, 0.3) is 0 Å². The van der Waals surface area contributed by atoms with E-state index in [4.69, 9.17) is 18.9 Å². The lowest BCUT2D eigenvalue weighted by Crippen LogP contribution is -2.42. The normalized spacial score (nSPS) is 39.0. The maximum absolute atomic E-state index is 11.4. The summed E-state index contributed by atoms with van der Waals surface area (Å²) >= 11 is 0. The van der Waals surface area contributed by atoms with Crippen molar-refractivity contribution >= 4 is 5.97 Å². The molecular formula is C16H18O5. The summed E-state index contributed by atoms with van der Waals surface area (Å²) in [5.41, 5.74) is 1.02. The van der Waals surface area contributed by atoms with Gasteiger partial charge in [-0.1, -0.05) is 30.3 Å². The minimum Gasteiger partial charge on any atom is -0.460 e. The van der Waals surface area contributed by atoms with Crippen molar-refractivity contribution in [2.75, 3.05) is 6.61 Å². The molecular weight excluding hydrogens is 272 g/mol. The molecule has 3 aliphatic rings. The van der Waals surface area contributed by atoms with Crippen LogP contribution < -0.4 is 0 Å². The zero-order chi connectivity index (χ0) is 14.2. The number of hydrogen-bond donors (Lipinski definition) is 0. The number of fused-ring (bicyclic) bond motifs is 2. The summed E-state index contributed by atoms with van der Waals surface area (Å²) < 4.78 is 23.2. The maximum Gasteiger partial charge on any atom is 0.308 e. The van der Waals surface area contributed by atoms with Gasteiger partial charge in [-0.3, -0.25) is 4.79 Å². The maximum atomic E-state index is 11.4. The number of hydrogen-bond acceptors (Lipinski definition) is 5. The van der Waals surface area contributed by atoms with Crippen LogP contribution in [0.2, 0.25) is 0 Å². The van der Waals surface area contributed by atoms with Gasteiger partial charge < -0.3 is 18.9 Å². The predicted molar refractivity (Wildman–Crippen MR) is 72.4 cm³/mol. The Hall–Kier alpha value is -1.43. The number of esters is 1. The lowest BCUT2D eigenvalue weighted by Gasteiger charge is -2.36. The van der Waals surface area contributed by atoms with Crippen molar-refractivity contribution in [3.05, 3.63) is 35.9 Å². The van der Waals surface area contributed by atoms with E-state index in [1.807, 2.05) is 30.3 Å². The first kappa shape index (κ1) is 13.2. The van der Waals surface area contributed by atoms with Crippen LogP contribution in [-0.4, -0.2) is 37.0 Å². The Labute approximate surface area is 123 Å². The molecule has 3 saturated heterocycles. The fourth-order valence-corrected chi connectivity index (χ4v) is 3.26. The molecule has 1 aromatic carbocycles. The van der Waals surface area contributed by atoms with Gasteiger partial charge in [0.1, 0.15) is 18.3 Å². The van der Waals surface area contributed by atoms with Crippen LogP contribution in [0.1, 0.15) is 31.1 Å². The standard InChI is InChI=1S/C16H18O5/c17-15-8-13-11(20-15)6-7-12-14(19-13)9-18-16(21-12)10-4-2-1-3-5-10/h1-5,11-14,16H,6-9H2/t11-,12+,13+,14-,16-/m1/s1. The summed E-state index contributed by atoms with van der Waals surface area (Å²) in [7, 11) is 0. The van der Waals surface area contributed by atoms with Gasteiger partial charge in [-0.05, 0) is 12.8 Å². The molecule has 0 saturated carbocycles. The molecule has 0 unspecified atom stereocenters. The first-order valence-electron chi connectivity index (χ1n) is 7.46.